The third kappa shape index (κ3) is 5.22. The standard InChI is InChI=1S/C27H27N3OS/c1-5-18-11-8-12-23(27(2,3)4)24(18)30-26(32)29-17-22(16-28)25(31)21-14-13-19-9-6-7-10-20(19)15-21/h6-15,17H,5H2,1-4H3,(H2,29,30,32)/b22-17-. The van der Waals surface area contributed by atoms with Gasteiger partial charge in [-0.25, -0.2) is 0 Å². The molecule has 0 saturated heterocycles. The fourth-order valence-electron chi connectivity index (χ4n) is 3.59. The van der Waals surface area contributed by atoms with Crippen molar-refractivity contribution in [3.05, 3.63) is 89.1 Å². The number of fused-ring (bicyclic) bond motifs is 1. The molecule has 0 aliphatic carbocycles. The van der Waals surface area contributed by atoms with Gasteiger partial charge in [0, 0.05) is 17.5 Å². The second kappa shape index (κ2) is 9.76. The van der Waals surface area contributed by atoms with Gasteiger partial charge in [-0.15, -0.1) is 0 Å². The number of allylic oxidation sites excluding steroid dienone is 1. The molecule has 3 aromatic carbocycles. The lowest BCUT2D eigenvalue weighted by molar-refractivity contribution is 0.103. The van der Waals surface area contributed by atoms with Crippen LogP contribution in [0.2, 0.25) is 0 Å². The van der Waals surface area contributed by atoms with Crippen LogP contribution in [-0.2, 0) is 11.8 Å². The maximum atomic E-state index is 12.9. The van der Waals surface area contributed by atoms with E-state index in [0.717, 1.165) is 34.0 Å². The number of hydrogen-bond donors (Lipinski definition) is 2. The summed E-state index contributed by atoms with van der Waals surface area (Å²) < 4.78 is 0. The van der Waals surface area contributed by atoms with Crippen LogP contribution in [0.1, 0.15) is 49.2 Å². The summed E-state index contributed by atoms with van der Waals surface area (Å²) >= 11 is 5.47. The van der Waals surface area contributed by atoms with Crippen LogP contribution in [-0.4, -0.2) is 10.9 Å². The average Bonchev–Trinajstić information content (AvgIpc) is 2.78. The van der Waals surface area contributed by atoms with Gasteiger partial charge in [0.15, 0.2) is 5.11 Å². The topological polar surface area (TPSA) is 64.9 Å². The lowest BCUT2D eigenvalue weighted by Gasteiger charge is -2.25. The van der Waals surface area contributed by atoms with Crippen LogP contribution in [0.4, 0.5) is 5.69 Å². The van der Waals surface area contributed by atoms with Gasteiger partial charge < -0.3 is 10.6 Å². The molecule has 0 spiro atoms. The van der Waals surface area contributed by atoms with Crippen molar-refractivity contribution in [1.29, 1.82) is 5.26 Å². The predicted octanol–water partition coefficient (Wildman–Crippen LogP) is 6.28. The number of aryl methyl sites for hydroxylation is 1. The monoisotopic (exact) mass is 441 g/mol. The second-order valence-corrected chi connectivity index (χ2v) is 9.01. The van der Waals surface area contributed by atoms with Crippen LogP contribution < -0.4 is 10.6 Å². The average molecular weight is 442 g/mol. The fourth-order valence-corrected chi connectivity index (χ4v) is 3.75. The molecule has 0 fully saturated rings. The summed E-state index contributed by atoms with van der Waals surface area (Å²) in [6, 6.07) is 21.4. The van der Waals surface area contributed by atoms with Crippen molar-refractivity contribution in [3.63, 3.8) is 0 Å². The van der Waals surface area contributed by atoms with Gasteiger partial charge in [-0.1, -0.05) is 82.3 Å². The molecule has 0 aromatic heterocycles. The van der Waals surface area contributed by atoms with Crippen molar-refractivity contribution in [3.8, 4) is 6.07 Å². The maximum Gasteiger partial charge on any atom is 0.205 e. The van der Waals surface area contributed by atoms with Gasteiger partial charge in [0.2, 0.25) is 5.78 Å². The Morgan fingerprint density at radius 3 is 2.44 bits per heavy atom. The van der Waals surface area contributed by atoms with Crippen LogP contribution in [0.5, 0.6) is 0 Å². The molecule has 0 aliphatic heterocycles. The van der Waals surface area contributed by atoms with E-state index in [9.17, 15) is 10.1 Å². The molecule has 0 atom stereocenters. The van der Waals surface area contributed by atoms with E-state index < -0.39 is 0 Å². The third-order valence-electron chi connectivity index (χ3n) is 5.30. The molecule has 4 nitrogen and oxygen atoms in total. The van der Waals surface area contributed by atoms with Gasteiger partial charge in [-0.05, 0) is 52.0 Å². The minimum Gasteiger partial charge on any atom is -0.338 e. The fraction of sp³-hybridized carbons (Fsp3) is 0.222. The minimum atomic E-state index is -0.349. The molecular formula is C27H27N3OS. The first-order chi connectivity index (χ1) is 15.2. The van der Waals surface area contributed by atoms with E-state index in [0.29, 0.717) is 10.7 Å². The highest BCUT2D eigenvalue weighted by Gasteiger charge is 2.20. The van der Waals surface area contributed by atoms with Crippen molar-refractivity contribution in [2.24, 2.45) is 0 Å². The predicted molar refractivity (Wildman–Crippen MR) is 136 cm³/mol. The molecule has 0 heterocycles. The van der Waals surface area contributed by atoms with Gasteiger partial charge >= 0.3 is 0 Å². The molecule has 0 bridgehead atoms. The highest BCUT2D eigenvalue weighted by atomic mass is 32.1. The van der Waals surface area contributed by atoms with Gasteiger partial charge in [0.1, 0.15) is 11.6 Å². The Labute approximate surface area is 195 Å². The highest BCUT2D eigenvalue weighted by Crippen LogP contribution is 2.32. The number of carbonyl (C=O) groups excluding carboxylic acids is 1. The first-order valence-electron chi connectivity index (χ1n) is 10.6. The largest absolute Gasteiger partial charge is 0.338 e. The normalized spacial score (nSPS) is 11.7. The van der Waals surface area contributed by atoms with Crippen molar-refractivity contribution in [1.82, 2.24) is 5.32 Å². The van der Waals surface area contributed by atoms with Crippen LogP contribution in [0.25, 0.3) is 10.8 Å². The summed E-state index contributed by atoms with van der Waals surface area (Å²) in [7, 11) is 0. The van der Waals surface area contributed by atoms with Crippen molar-refractivity contribution in [2.45, 2.75) is 39.5 Å². The molecule has 0 amide bonds. The Hall–Kier alpha value is -3.49. The SMILES string of the molecule is CCc1cccc(C(C)(C)C)c1NC(=S)N/C=C(/C#N)C(=O)c1ccc2ccccc2c1. The van der Waals surface area contributed by atoms with Crippen molar-refractivity contribution in [2.75, 3.05) is 5.32 Å². The summed E-state index contributed by atoms with van der Waals surface area (Å²) in [5, 5.41) is 18.1. The molecule has 162 valence electrons. The molecule has 0 unspecified atom stereocenters. The van der Waals surface area contributed by atoms with Gasteiger partial charge in [-0.3, -0.25) is 4.79 Å². The number of nitrogens with one attached hydrogen (secondary N) is 2. The Kier molecular flexibility index (Phi) is 7.07. The summed E-state index contributed by atoms with van der Waals surface area (Å²) in [5.74, 6) is -0.349. The molecule has 3 aromatic rings. The molecule has 5 heteroatoms. The summed E-state index contributed by atoms with van der Waals surface area (Å²) in [4.78, 5) is 12.9. The lowest BCUT2D eigenvalue weighted by atomic mass is 9.84. The molecule has 3 rings (SSSR count). The van der Waals surface area contributed by atoms with Crippen LogP contribution in [0.3, 0.4) is 0 Å². The Balaban J connectivity index is 1.81. The zero-order valence-electron chi connectivity index (χ0n) is 18.8. The van der Waals surface area contributed by atoms with E-state index in [1.165, 1.54) is 6.20 Å². The number of hydrogen-bond acceptors (Lipinski definition) is 3. The van der Waals surface area contributed by atoms with Gasteiger partial charge in [-0.2, -0.15) is 5.26 Å². The van der Waals surface area contributed by atoms with Gasteiger partial charge in [0.05, 0.1) is 0 Å². The number of ketones is 1. The Morgan fingerprint density at radius 2 is 1.78 bits per heavy atom. The third-order valence-corrected chi connectivity index (χ3v) is 5.52. The molecule has 2 N–H and O–H groups in total. The van der Waals surface area contributed by atoms with Crippen LogP contribution in [0, 0.1) is 11.3 Å². The van der Waals surface area contributed by atoms with E-state index in [-0.39, 0.29) is 16.8 Å². The second-order valence-electron chi connectivity index (χ2n) is 8.60. The first kappa shape index (κ1) is 23.2. The number of anilines is 1. The number of benzene rings is 3. The quantitative estimate of drug-likeness (QED) is 0.211. The van der Waals surface area contributed by atoms with Crippen molar-refractivity contribution >= 4 is 39.6 Å². The maximum absolute atomic E-state index is 12.9. The smallest absolute Gasteiger partial charge is 0.205 e. The number of carbonyl (C=O) groups is 1. The van der Waals surface area contributed by atoms with Crippen LogP contribution in [0.15, 0.2) is 72.4 Å². The molecule has 0 radical (unpaired) electrons. The number of thiocarbonyl (C=S) groups is 1. The zero-order valence-corrected chi connectivity index (χ0v) is 19.6. The van der Waals surface area contributed by atoms with E-state index in [1.54, 1.807) is 12.1 Å². The van der Waals surface area contributed by atoms with E-state index in [4.69, 9.17) is 12.2 Å². The number of rotatable bonds is 5. The van der Waals surface area contributed by atoms with Crippen LogP contribution >= 0.6 is 12.2 Å². The molecular weight excluding hydrogens is 414 g/mol. The zero-order chi connectivity index (χ0) is 23.3. The number of para-hydroxylation sites is 1. The molecule has 0 saturated carbocycles. The van der Waals surface area contributed by atoms with E-state index in [1.807, 2.05) is 36.4 Å². The first-order valence-corrected chi connectivity index (χ1v) is 11.0. The summed E-state index contributed by atoms with van der Waals surface area (Å²) in [6.07, 6.45) is 2.23. The summed E-state index contributed by atoms with van der Waals surface area (Å²) in [5.41, 5.74) is 3.65. The van der Waals surface area contributed by atoms with E-state index >= 15 is 0 Å². The van der Waals surface area contributed by atoms with Crippen molar-refractivity contribution < 1.29 is 4.79 Å². The molecule has 0 aliphatic rings. The van der Waals surface area contributed by atoms with Gasteiger partial charge in [0.25, 0.3) is 0 Å². The minimum absolute atomic E-state index is 0.00995. The summed E-state index contributed by atoms with van der Waals surface area (Å²) in [6.45, 7) is 8.55. The number of Topliss-reactive ketones (excluding diaryl/α,β-unsaturated/α-hetero) is 1. The number of nitrogens with zero attached hydrogens (tertiary/aromatic N) is 1. The Morgan fingerprint density at radius 1 is 1.06 bits per heavy atom. The lowest BCUT2D eigenvalue weighted by Crippen LogP contribution is -2.27. The van der Waals surface area contributed by atoms with E-state index in [2.05, 4.69) is 56.5 Å². The number of nitriles is 1. The highest BCUT2D eigenvalue weighted by molar-refractivity contribution is 7.80. The molecule has 32 heavy (non-hydrogen) atoms. The Bertz CT molecular complexity index is 1250.